The van der Waals surface area contributed by atoms with Crippen molar-refractivity contribution in [3.63, 3.8) is 0 Å². The van der Waals surface area contributed by atoms with Gasteiger partial charge in [-0.2, -0.15) is 4.99 Å². The largest absolute Gasteiger partial charge is 0.468 e. The predicted molar refractivity (Wildman–Crippen MR) is 87.8 cm³/mol. The van der Waals surface area contributed by atoms with Gasteiger partial charge in [0.2, 0.25) is 0 Å². The minimum atomic E-state index is 0.240. The molecule has 0 bridgehead atoms. The Labute approximate surface area is 134 Å². The first-order valence-electron chi connectivity index (χ1n) is 6.96. The molecule has 0 N–H and O–H groups in total. The van der Waals surface area contributed by atoms with Gasteiger partial charge in [-0.3, -0.25) is 0 Å². The van der Waals surface area contributed by atoms with Gasteiger partial charge >= 0.3 is 0 Å². The van der Waals surface area contributed by atoms with Gasteiger partial charge in [-0.05, 0) is 47.6 Å². The first kappa shape index (κ1) is 14.9. The van der Waals surface area contributed by atoms with Crippen molar-refractivity contribution >= 4 is 23.1 Å². The fraction of sp³-hybridized carbons (Fsp3) is 0.235. The smallest absolute Gasteiger partial charge is 0.189 e. The van der Waals surface area contributed by atoms with Crippen LogP contribution in [-0.4, -0.2) is 31.3 Å². The molecule has 22 heavy (non-hydrogen) atoms. The van der Waals surface area contributed by atoms with Gasteiger partial charge in [-0.15, -0.1) is 0 Å². The number of nitrogens with zero attached hydrogens (tertiary/aromatic N) is 1. The van der Waals surface area contributed by atoms with Crippen LogP contribution in [0.1, 0.15) is 0 Å². The highest BCUT2D eigenvalue weighted by Crippen LogP contribution is 2.24. The predicted octanol–water partition coefficient (Wildman–Crippen LogP) is 3.84. The third kappa shape index (κ3) is 4.23. The summed E-state index contributed by atoms with van der Waals surface area (Å²) >= 11 is 4.59. The molecule has 1 unspecified atom stereocenters. The molecule has 2 aromatic rings. The molecule has 0 amide bonds. The molecule has 1 atom stereocenters. The maximum atomic E-state index is 5.51. The molecule has 1 saturated heterocycles. The first-order valence-corrected chi connectivity index (χ1v) is 7.36. The Bertz CT molecular complexity index is 659. The van der Waals surface area contributed by atoms with E-state index < -0.39 is 0 Å². The molecule has 1 aliphatic heterocycles. The zero-order valence-electron chi connectivity index (χ0n) is 11.9. The van der Waals surface area contributed by atoms with E-state index >= 15 is 0 Å². The number of hydrogen-bond acceptors (Lipinski definition) is 5. The van der Waals surface area contributed by atoms with E-state index in [1.165, 1.54) is 0 Å². The number of benzene rings is 2. The third-order valence-corrected chi connectivity index (χ3v) is 3.34. The number of rotatable bonds is 7. The molecule has 0 spiro atoms. The lowest BCUT2D eigenvalue weighted by Gasteiger charge is -2.07. The minimum Gasteiger partial charge on any atom is -0.468 e. The quantitative estimate of drug-likeness (QED) is 0.256. The number of isothiocyanates is 1. The lowest BCUT2D eigenvalue weighted by Crippen LogP contribution is -2.07. The van der Waals surface area contributed by atoms with Crippen LogP contribution in [0.4, 0.5) is 5.69 Å². The lowest BCUT2D eigenvalue weighted by atomic mass is 10.1. The third-order valence-electron chi connectivity index (χ3n) is 3.24. The van der Waals surface area contributed by atoms with Crippen molar-refractivity contribution < 1.29 is 14.2 Å². The van der Waals surface area contributed by atoms with Crippen LogP contribution in [0.25, 0.3) is 11.1 Å². The van der Waals surface area contributed by atoms with E-state index in [1.54, 1.807) is 0 Å². The molecule has 0 saturated carbocycles. The molecule has 1 heterocycles. The van der Waals surface area contributed by atoms with Gasteiger partial charge in [0.25, 0.3) is 0 Å². The van der Waals surface area contributed by atoms with Crippen molar-refractivity contribution in [3.8, 4) is 16.9 Å². The van der Waals surface area contributed by atoms with Crippen molar-refractivity contribution in [2.75, 3.05) is 20.0 Å². The van der Waals surface area contributed by atoms with E-state index in [2.05, 4.69) is 22.4 Å². The number of thiocarbonyl (C=S) groups is 1. The summed E-state index contributed by atoms with van der Waals surface area (Å²) in [5.41, 5.74) is 3.02. The Balaban J connectivity index is 1.56. The van der Waals surface area contributed by atoms with Crippen molar-refractivity contribution in [2.45, 2.75) is 6.10 Å². The molecule has 0 aliphatic carbocycles. The van der Waals surface area contributed by atoms with Crippen molar-refractivity contribution in [1.82, 2.24) is 0 Å². The summed E-state index contributed by atoms with van der Waals surface area (Å²) in [5.74, 6) is 0.780. The standard InChI is InChI=1S/C17H15NO3S/c22-11-18-15-5-1-13(2-6-15)14-3-7-16(8-4-14)21-12-19-9-17-10-20-17/h1-8,17H,9-10,12H2. The number of aliphatic imine (C=N–C) groups is 1. The second-order valence-corrected chi connectivity index (χ2v) is 5.05. The molecule has 112 valence electrons. The molecular formula is C17H15NO3S. The minimum absolute atomic E-state index is 0.240. The van der Waals surface area contributed by atoms with E-state index in [0.717, 1.165) is 29.2 Å². The maximum absolute atomic E-state index is 5.51. The fourth-order valence-electron chi connectivity index (χ4n) is 1.98. The Morgan fingerprint density at radius 3 is 2.32 bits per heavy atom. The van der Waals surface area contributed by atoms with Crippen LogP contribution in [0.2, 0.25) is 0 Å². The molecule has 3 rings (SSSR count). The van der Waals surface area contributed by atoms with Crippen LogP contribution in [0, 0.1) is 0 Å². The summed E-state index contributed by atoms with van der Waals surface area (Å²) in [7, 11) is 0. The maximum Gasteiger partial charge on any atom is 0.189 e. The molecule has 5 heteroatoms. The van der Waals surface area contributed by atoms with Gasteiger partial charge in [0.1, 0.15) is 11.9 Å². The molecule has 0 aromatic heterocycles. The highest BCUT2D eigenvalue weighted by Gasteiger charge is 2.22. The molecule has 2 aromatic carbocycles. The van der Waals surface area contributed by atoms with Crippen molar-refractivity contribution in [3.05, 3.63) is 48.5 Å². The van der Waals surface area contributed by atoms with Crippen molar-refractivity contribution in [1.29, 1.82) is 0 Å². The van der Waals surface area contributed by atoms with E-state index in [-0.39, 0.29) is 12.9 Å². The van der Waals surface area contributed by atoms with E-state index in [1.807, 2.05) is 48.5 Å². The molecule has 4 nitrogen and oxygen atoms in total. The summed E-state index contributed by atoms with van der Waals surface area (Å²) in [4.78, 5) is 3.94. The van der Waals surface area contributed by atoms with Crippen LogP contribution in [-0.2, 0) is 9.47 Å². The monoisotopic (exact) mass is 313 g/mol. The van der Waals surface area contributed by atoms with Gasteiger partial charge in [-0.1, -0.05) is 24.3 Å². The normalized spacial score (nSPS) is 15.9. The Hall–Kier alpha value is -2.04. The average molecular weight is 313 g/mol. The van der Waals surface area contributed by atoms with Crippen LogP contribution in [0.15, 0.2) is 53.5 Å². The highest BCUT2D eigenvalue weighted by atomic mass is 32.1. The van der Waals surface area contributed by atoms with Crippen LogP contribution >= 0.6 is 12.2 Å². The summed E-state index contributed by atoms with van der Waals surface area (Å²) < 4.78 is 15.9. The molecule has 1 fully saturated rings. The van der Waals surface area contributed by atoms with E-state index in [9.17, 15) is 0 Å². The average Bonchev–Trinajstić information content (AvgIpc) is 3.38. The summed E-state index contributed by atoms with van der Waals surface area (Å²) in [6.07, 6.45) is 0.261. The topological polar surface area (TPSA) is 43.4 Å². The Morgan fingerprint density at radius 2 is 1.73 bits per heavy atom. The second-order valence-electron chi connectivity index (χ2n) is 4.86. The van der Waals surface area contributed by atoms with Gasteiger partial charge in [0, 0.05) is 0 Å². The number of epoxide rings is 1. The van der Waals surface area contributed by atoms with Gasteiger partial charge in [-0.25, -0.2) is 0 Å². The van der Waals surface area contributed by atoms with Crippen LogP contribution in [0.3, 0.4) is 0 Å². The summed E-state index contributed by atoms with van der Waals surface area (Å²) in [6.45, 7) is 1.63. The zero-order chi connectivity index (χ0) is 15.2. The summed E-state index contributed by atoms with van der Waals surface area (Å²) in [6, 6.07) is 15.7. The number of hydrogen-bond donors (Lipinski definition) is 0. The Kier molecular flexibility index (Phi) is 4.93. The molecule has 0 radical (unpaired) electrons. The van der Waals surface area contributed by atoms with E-state index in [4.69, 9.17) is 14.2 Å². The van der Waals surface area contributed by atoms with Crippen LogP contribution < -0.4 is 4.74 Å². The highest BCUT2D eigenvalue weighted by molar-refractivity contribution is 7.78. The molecular weight excluding hydrogens is 298 g/mol. The number of ether oxygens (including phenoxy) is 3. The molecule has 1 aliphatic rings. The first-order chi connectivity index (χ1) is 10.8. The van der Waals surface area contributed by atoms with E-state index in [0.29, 0.717) is 6.61 Å². The zero-order valence-corrected chi connectivity index (χ0v) is 12.7. The fourth-order valence-corrected chi connectivity index (χ4v) is 2.08. The van der Waals surface area contributed by atoms with Crippen LogP contribution in [0.5, 0.6) is 5.75 Å². The second kappa shape index (κ2) is 7.29. The van der Waals surface area contributed by atoms with Gasteiger partial charge in [0.05, 0.1) is 24.1 Å². The van der Waals surface area contributed by atoms with Crippen molar-refractivity contribution in [2.24, 2.45) is 4.99 Å². The lowest BCUT2D eigenvalue weighted by molar-refractivity contribution is 0.00822. The Morgan fingerprint density at radius 1 is 1.09 bits per heavy atom. The summed E-state index contributed by atoms with van der Waals surface area (Å²) in [5, 5.41) is 2.36. The SMILES string of the molecule is S=C=Nc1ccc(-c2ccc(OCOCC3CO3)cc2)cc1. The van der Waals surface area contributed by atoms with Gasteiger partial charge in [0.15, 0.2) is 6.79 Å². The van der Waals surface area contributed by atoms with Gasteiger partial charge < -0.3 is 14.2 Å².